The van der Waals surface area contributed by atoms with Crippen molar-refractivity contribution in [1.82, 2.24) is 10.6 Å². The first-order valence-electron chi connectivity index (χ1n) is 7.95. The minimum absolute atomic E-state index is 0.121. The highest BCUT2D eigenvalue weighted by Gasteiger charge is 1.97. The lowest BCUT2D eigenvalue weighted by Gasteiger charge is -2.07. The van der Waals surface area contributed by atoms with Crippen molar-refractivity contribution in [2.24, 2.45) is 0 Å². The van der Waals surface area contributed by atoms with E-state index in [4.69, 9.17) is 14.2 Å². The second kappa shape index (κ2) is 17.4. The summed E-state index contributed by atoms with van der Waals surface area (Å²) in [4.78, 5) is 11.2. The van der Waals surface area contributed by atoms with Gasteiger partial charge in [0.25, 0.3) is 0 Å². The molecular weight excluding hydrogens is 272 g/mol. The van der Waals surface area contributed by atoms with Crippen LogP contribution in [-0.4, -0.2) is 65.7 Å². The highest BCUT2D eigenvalue weighted by molar-refractivity contribution is 5.75. The zero-order valence-electron chi connectivity index (χ0n) is 13.6. The van der Waals surface area contributed by atoms with E-state index in [2.05, 4.69) is 10.6 Å². The minimum atomic E-state index is 0.121. The molecule has 0 aromatic rings. The van der Waals surface area contributed by atoms with Gasteiger partial charge in [0.2, 0.25) is 5.91 Å². The van der Waals surface area contributed by atoms with Gasteiger partial charge in [-0.1, -0.05) is 6.92 Å². The molecule has 0 aliphatic heterocycles. The Morgan fingerprint density at radius 1 is 0.857 bits per heavy atom. The minimum Gasteiger partial charge on any atom is -0.379 e. The van der Waals surface area contributed by atoms with E-state index in [0.717, 1.165) is 32.4 Å². The lowest BCUT2D eigenvalue weighted by Crippen LogP contribution is -2.24. The third kappa shape index (κ3) is 17.3. The molecule has 0 heterocycles. The third-order valence-electron chi connectivity index (χ3n) is 2.72. The van der Waals surface area contributed by atoms with Crippen molar-refractivity contribution in [3.63, 3.8) is 0 Å². The van der Waals surface area contributed by atoms with E-state index in [9.17, 15) is 4.79 Å². The molecule has 126 valence electrons. The molecular formula is C15H32N2O4. The van der Waals surface area contributed by atoms with Crippen molar-refractivity contribution < 1.29 is 19.0 Å². The Morgan fingerprint density at radius 3 is 1.90 bits per heavy atom. The van der Waals surface area contributed by atoms with Gasteiger partial charge in [-0.2, -0.15) is 0 Å². The van der Waals surface area contributed by atoms with Crippen LogP contribution < -0.4 is 10.6 Å². The number of carbonyl (C=O) groups excluding carboxylic acids is 1. The quantitative estimate of drug-likeness (QED) is 0.416. The molecule has 0 aromatic carbocycles. The maximum Gasteiger partial charge on any atom is 0.219 e. The highest BCUT2D eigenvalue weighted by Crippen LogP contribution is 1.88. The van der Waals surface area contributed by atoms with E-state index >= 15 is 0 Å². The third-order valence-corrected chi connectivity index (χ3v) is 2.72. The van der Waals surface area contributed by atoms with Gasteiger partial charge in [0.15, 0.2) is 0 Å². The molecule has 0 saturated carbocycles. The maximum atomic E-state index is 11.2. The Balaban J connectivity index is 3.01. The Hall–Kier alpha value is -0.690. The fraction of sp³-hybridized carbons (Fsp3) is 0.933. The number of amides is 1. The van der Waals surface area contributed by atoms with E-state index < -0.39 is 0 Å². The van der Waals surface area contributed by atoms with Gasteiger partial charge in [-0.3, -0.25) is 4.79 Å². The van der Waals surface area contributed by atoms with Crippen LogP contribution in [0.2, 0.25) is 0 Å². The standard InChI is InChI=1S/C15H32N2O4/c1-3-6-15(18)17-8-5-10-20-12-14-21-13-11-19-9-4-7-16-2/h16H,3-14H2,1-2H3,(H,17,18). The summed E-state index contributed by atoms with van der Waals surface area (Å²) in [7, 11) is 1.93. The first-order valence-corrected chi connectivity index (χ1v) is 7.95. The summed E-state index contributed by atoms with van der Waals surface area (Å²) in [5.74, 6) is 0.121. The summed E-state index contributed by atoms with van der Waals surface area (Å²) < 4.78 is 16.2. The molecule has 0 radical (unpaired) electrons. The molecule has 0 atom stereocenters. The summed E-state index contributed by atoms with van der Waals surface area (Å²) in [5, 5.41) is 5.92. The maximum absolute atomic E-state index is 11.2. The summed E-state index contributed by atoms with van der Waals surface area (Å²) in [6, 6.07) is 0. The van der Waals surface area contributed by atoms with Crippen LogP contribution in [0.1, 0.15) is 32.6 Å². The van der Waals surface area contributed by atoms with Crippen molar-refractivity contribution in [1.29, 1.82) is 0 Å². The highest BCUT2D eigenvalue weighted by atomic mass is 16.5. The van der Waals surface area contributed by atoms with Gasteiger partial charge in [0.1, 0.15) is 0 Å². The van der Waals surface area contributed by atoms with Crippen molar-refractivity contribution in [3.05, 3.63) is 0 Å². The molecule has 0 fully saturated rings. The second-order valence-corrected chi connectivity index (χ2v) is 4.75. The number of hydrogen-bond donors (Lipinski definition) is 2. The van der Waals surface area contributed by atoms with Gasteiger partial charge in [0.05, 0.1) is 26.4 Å². The Bertz CT molecular complexity index is 228. The molecule has 6 nitrogen and oxygen atoms in total. The van der Waals surface area contributed by atoms with E-state index in [-0.39, 0.29) is 5.91 Å². The summed E-state index contributed by atoms with van der Waals surface area (Å²) in [5.41, 5.74) is 0. The fourth-order valence-electron chi connectivity index (χ4n) is 1.61. The molecule has 1 amide bonds. The molecule has 0 aliphatic rings. The number of carbonyl (C=O) groups is 1. The molecule has 0 unspecified atom stereocenters. The van der Waals surface area contributed by atoms with Crippen LogP contribution in [0.3, 0.4) is 0 Å². The van der Waals surface area contributed by atoms with E-state index in [1.165, 1.54) is 0 Å². The van der Waals surface area contributed by atoms with Gasteiger partial charge in [-0.25, -0.2) is 0 Å². The average Bonchev–Trinajstić information content (AvgIpc) is 2.48. The van der Waals surface area contributed by atoms with Crippen LogP contribution in [-0.2, 0) is 19.0 Å². The van der Waals surface area contributed by atoms with Crippen molar-refractivity contribution in [2.45, 2.75) is 32.6 Å². The van der Waals surface area contributed by atoms with Crippen molar-refractivity contribution in [3.8, 4) is 0 Å². The molecule has 0 spiro atoms. The second-order valence-electron chi connectivity index (χ2n) is 4.75. The van der Waals surface area contributed by atoms with Crippen molar-refractivity contribution >= 4 is 5.91 Å². The number of rotatable bonds is 16. The predicted molar refractivity (Wildman–Crippen MR) is 83.5 cm³/mol. The van der Waals surface area contributed by atoms with Gasteiger partial charge in [0, 0.05) is 26.2 Å². The SMILES string of the molecule is CCCC(=O)NCCCOCCOCCOCCCNC. The van der Waals surface area contributed by atoms with Gasteiger partial charge < -0.3 is 24.8 Å². The topological polar surface area (TPSA) is 68.8 Å². The Kier molecular flexibility index (Phi) is 16.8. The zero-order valence-corrected chi connectivity index (χ0v) is 13.6. The lowest BCUT2D eigenvalue weighted by atomic mass is 10.3. The molecule has 0 saturated heterocycles. The summed E-state index contributed by atoms with van der Waals surface area (Å²) >= 11 is 0. The molecule has 2 N–H and O–H groups in total. The first kappa shape index (κ1) is 20.3. The first-order chi connectivity index (χ1) is 10.3. The zero-order chi connectivity index (χ0) is 15.6. The van der Waals surface area contributed by atoms with Gasteiger partial charge in [-0.15, -0.1) is 0 Å². The summed E-state index contributed by atoms with van der Waals surface area (Å²) in [6.07, 6.45) is 3.35. The van der Waals surface area contributed by atoms with Gasteiger partial charge >= 0.3 is 0 Å². The largest absolute Gasteiger partial charge is 0.379 e. The molecule has 0 aromatic heterocycles. The lowest BCUT2D eigenvalue weighted by molar-refractivity contribution is -0.121. The van der Waals surface area contributed by atoms with Crippen LogP contribution in [0.25, 0.3) is 0 Å². The molecule has 0 bridgehead atoms. The van der Waals surface area contributed by atoms with Gasteiger partial charge in [-0.05, 0) is 32.9 Å². The Labute approximate surface area is 128 Å². The average molecular weight is 304 g/mol. The van der Waals surface area contributed by atoms with Crippen LogP contribution in [0.5, 0.6) is 0 Å². The fourth-order valence-corrected chi connectivity index (χ4v) is 1.61. The van der Waals surface area contributed by atoms with Crippen LogP contribution in [0, 0.1) is 0 Å². The normalized spacial score (nSPS) is 10.8. The van der Waals surface area contributed by atoms with Crippen LogP contribution in [0.4, 0.5) is 0 Å². The molecule has 0 aliphatic carbocycles. The number of hydrogen-bond acceptors (Lipinski definition) is 5. The van der Waals surface area contributed by atoms with Crippen LogP contribution >= 0.6 is 0 Å². The number of nitrogens with one attached hydrogen (secondary N) is 2. The molecule has 0 rings (SSSR count). The van der Waals surface area contributed by atoms with E-state index in [1.54, 1.807) is 0 Å². The van der Waals surface area contributed by atoms with E-state index in [1.807, 2.05) is 14.0 Å². The van der Waals surface area contributed by atoms with Crippen molar-refractivity contribution in [2.75, 3.05) is 59.8 Å². The van der Waals surface area contributed by atoms with E-state index in [0.29, 0.717) is 46.0 Å². The smallest absolute Gasteiger partial charge is 0.219 e. The summed E-state index contributed by atoms with van der Waals surface area (Å²) in [6.45, 7) is 7.48. The predicted octanol–water partition coefficient (Wildman–Crippen LogP) is 0.952. The number of ether oxygens (including phenoxy) is 3. The van der Waals surface area contributed by atoms with Crippen LogP contribution in [0.15, 0.2) is 0 Å². The molecule has 21 heavy (non-hydrogen) atoms. The Morgan fingerprint density at radius 2 is 1.38 bits per heavy atom. The molecule has 6 heteroatoms. The monoisotopic (exact) mass is 304 g/mol.